The molecule has 1 saturated carbocycles. The van der Waals surface area contributed by atoms with Gasteiger partial charge in [0.2, 0.25) is 15.9 Å². The van der Waals surface area contributed by atoms with E-state index in [1.165, 1.54) is 0 Å². The first kappa shape index (κ1) is 14.9. The smallest absolute Gasteiger partial charge is 0.307 e. The van der Waals surface area contributed by atoms with Gasteiger partial charge in [0.1, 0.15) is 0 Å². The maximum absolute atomic E-state index is 11.7. The van der Waals surface area contributed by atoms with Crippen molar-refractivity contribution in [2.24, 2.45) is 11.8 Å². The molecule has 0 aromatic heterocycles. The molecule has 1 fully saturated rings. The van der Waals surface area contributed by atoms with Gasteiger partial charge in [-0.2, -0.15) is 0 Å². The molecule has 3 N–H and O–H groups in total. The number of amides is 1. The van der Waals surface area contributed by atoms with Gasteiger partial charge in [0, 0.05) is 13.1 Å². The summed E-state index contributed by atoms with van der Waals surface area (Å²) in [6, 6.07) is 0. The van der Waals surface area contributed by atoms with E-state index in [0.717, 1.165) is 12.7 Å². The molecule has 0 spiro atoms. The Kier molecular flexibility index (Phi) is 5.09. The first-order valence-electron chi connectivity index (χ1n) is 5.76. The van der Waals surface area contributed by atoms with E-state index in [0.29, 0.717) is 12.8 Å². The zero-order valence-electron chi connectivity index (χ0n) is 10.2. The molecule has 0 radical (unpaired) electrons. The highest BCUT2D eigenvalue weighted by Crippen LogP contribution is 2.31. The van der Waals surface area contributed by atoms with Gasteiger partial charge < -0.3 is 10.4 Å². The quantitative estimate of drug-likeness (QED) is 0.548. The first-order chi connectivity index (χ1) is 8.31. The maximum atomic E-state index is 11.7. The number of nitrogens with one attached hydrogen (secondary N) is 2. The molecule has 1 aliphatic carbocycles. The number of rotatable bonds is 6. The van der Waals surface area contributed by atoms with Crippen molar-refractivity contribution in [2.45, 2.75) is 19.3 Å². The highest BCUT2D eigenvalue weighted by Gasteiger charge is 2.37. The zero-order chi connectivity index (χ0) is 13.8. The van der Waals surface area contributed by atoms with Crippen LogP contribution in [-0.2, 0) is 19.6 Å². The Labute approximate surface area is 106 Å². The number of sulfonamides is 1. The topological polar surface area (TPSA) is 113 Å². The van der Waals surface area contributed by atoms with Crippen LogP contribution in [0, 0.1) is 11.8 Å². The summed E-state index contributed by atoms with van der Waals surface area (Å²) in [7, 11) is -3.26. The Bertz CT molecular complexity index is 420. The van der Waals surface area contributed by atoms with Crippen molar-refractivity contribution in [3.05, 3.63) is 0 Å². The third-order valence-corrected chi connectivity index (χ3v) is 3.69. The normalized spacial score (nSPS) is 23.8. The van der Waals surface area contributed by atoms with Crippen molar-refractivity contribution in [2.75, 3.05) is 19.3 Å². The number of carboxylic acids is 1. The molecule has 18 heavy (non-hydrogen) atoms. The van der Waals surface area contributed by atoms with Crippen molar-refractivity contribution >= 4 is 21.9 Å². The van der Waals surface area contributed by atoms with Crippen LogP contribution in [0.1, 0.15) is 19.3 Å². The molecule has 1 rings (SSSR count). The van der Waals surface area contributed by atoms with Gasteiger partial charge in [-0.25, -0.2) is 13.1 Å². The largest absolute Gasteiger partial charge is 0.481 e. The van der Waals surface area contributed by atoms with Crippen LogP contribution in [0.2, 0.25) is 0 Å². The zero-order valence-corrected chi connectivity index (χ0v) is 11.0. The van der Waals surface area contributed by atoms with Crippen LogP contribution in [0.15, 0.2) is 0 Å². The fourth-order valence-electron chi connectivity index (χ4n) is 2.12. The van der Waals surface area contributed by atoms with Crippen molar-refractivity contribution in [3.8, 4) is 0 Å². The second-order valence-corrected chi connectivity index (χ2v) is 6.27. The molecule has 7 nitrogen and oxygen atoms in total. The lowest BCUT2D eigenvalue weighted by molar-refractivity contribution is -0.146. The van der Waals surface area contributed by atoms with E-state index in [9.17, 15) is 18.0 Å². The van der Waals surface area contributed by atoms with Gasteiger partial charge in [0.05, 0.1) is 18.1 Å². The molecule has 1 aliphatic rings. The van der Waals surface area contributed by atoms with Gasteiger partial charge >= 0.3 is 5.97 Å². The molecule has 0 heterocycles. The molecule has 104 valence electrons. The molecule has 8 heteroatoms. The van der Waals surface area contributed by atoms with E-state index in [-0.39, 0.29) is 19.0 Å². The van der Waals surface area contributed by atoms with Gasteiger partial charge in [0.25, 0.3) is 0 Å². The van der Waals surface area contributed by atoms with Crippen LogP contribution in [0.4, 0.5) is 0 Å². The summed E-state index contributed by atoms with van der Waals surface area (Å²) >= 11 is 0. The van der Waals surface area contributed by atoms with Crippen LogP contribution in [0.25, 0.3) is 0 Å². The minimum Gasteiger partial charge on any atom is -0.481 e. The molecule has 0 aromatic rings. The van der Waals surface area contributed by atoms with Crippen LogP contribution in [0.5, 0.6) is 0 Å². The van der Waals surface area contributed by atoms with Crippen molar-refractivity contribution < 1.29 is 23.1 Å². The van der Waals surface area contributed by atoms with Crippen molar-refractivity contribution in [1.29, 1.82) is 0 Å². The van der Waals surface area contributed by atoms with Crippen LogP contribution >= 0.6 is 0 Å². The average molecular weight is 278 g/mol. The standard InChI is InChI=1S/C10H18N2O5S/c1-18(16,17)12-6-5-11-9(13)7-3-2-4-8(7)10(14)15/h7-8,12H,2-6H2,1H3,(H,11,13)(H,14,15)/t7-,8+/m1/s1. The maximum Gasteiger partial charge on any atom is 0.307 e. The molecule has 1 amide bonds. The summed E-state index contributed by atoms with van der Waals surface area (Å²) in [5, 5.41) is 11.5. The van der Waals surface area contributed by atoms with Crippen LogP contribution < -0.4 is 10.0 Å². The lowest BCUT2D eigenvalue weighted by Gasteiger charge is -2.15. The minimum atomic E-state index is -3.26. The minimum absolute atomic E-state index is 0.106. The summed E-state index contributed by atoms with van der Waals surface area (Å²) < 4.78 is 23.8. The number of carbonyl (C=O) groups excluding carboxylic acids is 1. The fraction of sp³-hybridized carbons (Fsp3) is 0.800. The Morgan fingerprint density at radius 2 is 1.83 bits per heavy atom. The number of carbonyl (C=O) groups is 2. The van der Waals surface area contributed by atoms with E-state index in [1.54, 1.807) is 0 Å². The summed E-state index contributed by atoms with van der Waals surface area (Å²) in [6.07, 6.45) is 2.86. The van der Waals surface area contributed by atoms with Gasteiger partial charge in [0.15, 0.2) is 0 Å². The highest BCUT2D eigenvalue weighted by atomic mass is 32.2. The molecule has 0 aromatic carbocycles. The third-order valence-electron chi connectivity index (χ3n) is 2.96. The molecular formula is C10H18N2O5S. The monoisotopic (exact) mass is 278 g/mol. The number of carboxylic acid groups (broad SMARTS) is 1. The fourth-order valence-corrected chi connectivity index (χ4v) is 2.60. The molecule has 0 unspecified atom stereocenters. The SMILES string of the molecule is CS(=O)(=O)NCCNC(=O)[C@@H]1CCC[C@@H]1C(=O)O. The summed E-state index contributed by atoms with van der Waals surface area (Å²) in [6.45, 7) is 0.268. The van der Waals surface area contributed by atoms with Crippen LogP contribution in [0.3, 0.4) is 0 Å². The predicted octanol–water partition coefficient (Wildman–Crippen LogP) is -0.847. The summed E-state index contributed by atoms with van der Waals surface area (Å²) in [4.78, 5) is 22.6. The van der Waals surface area contributed by atoms with Gasteiger partial charge in [-0.3, -0.25) is 9.59 Å². The predicted molar refractivity (Wildman–Crippen MR) is 64.3 cm³/mol. The van der Waals surface area contributed by atoms with Gasteiger partial charge in [-0.1, -0.05) is 6.42 Å². The van der Waals surface area contributed by atoms with Crippen molar-refractivity contribution in [1.82, 2.24) is 10.0 Å². The molecule has 0 aliphatic heterocycles. The number of hydrogen-bond donors (Lipinski definition) is 3. The number of hydrogen-bond acceptors (Lipinski definition) is 4. The van der Waals surface area contributed by atoms with Gasteiger partial charge in [-0.05, 0) is 12.8 Å². The Morgan fingerprint density at radius 3 is 2.39 bits per heavy atom. The highest BCUT2D eigenvalue weighted by molar-refractivity contribution is 7.88. The lowest BCUT2D eigenvalue weighted by Crippen LogP contribution is -2.39. The number of aliphatic carboxylic acids is 1. The molecule has 0 bridgehead atoms. The molecular weight excluding hydrogens is 260 g/mol. The first-order valence-corrected chi connectivity index (χ1v) is 7.65. The summed E-state index contributed by atoms with van der Waals surface area (Å²) in [5.41, 5.74) is 0. The third kappa shape index (κ3) is 4.61. The lowest BCUT2D eigenvalue weighted by atomic mass is 9.95. The summed E-state index contributed by atoms with van der Waals surface area (Å²) in [5.74, 6) is -2.37. The second-order valence-electron chi connectivity index (χ2n) is 4.44. The Hall–Kier alpha value is -1.15. The Balaban J connectivity index is 2.35. The van der Waals surface area contributed by atoms with Gasteiger partial charge in [-0.15, -0.1) is 0 Å². The second kappa shape index (κ2) is 6.14. The van der Waals surface area contributed by atoms with E-state index in [1.807, 2.05) is 0 Å². The Morgan fingerprint density at radius 1 is 1.22 bits per heavy atom. The van der Waals surface area contributed by atoms with E-state index in [4.69, 9.17) is 5.11 Å². The molecule has 2 atom stereocenters. The van der Waals surface area contributed by atoms with Crippen molar-refractivity contribution in [3.63, 3.8) is 0 Å². The van der Waals surface area contributed by atoms with E-state index >= 15 is 0 Å². The molecule has 0 saturated heterocycles. The van der Waals surface area contributed by atoms with E-state index in [2.05, 4.69) is 10.0 Å². The van der Waals surface area contributed by atoms with E-state index < -0.39 is 27.8 Å². The average Bonchev–Trinajstić information content (AvgIpc) is 2.71. The van der Waals surface area contributed by atoms with Crippen LogP contribution in [-0.4, -0.2) is 44.7 Å².